The second-order valence-electron chi connectivity index (χ2n) is 4.27. The Labute approximate surface area is 110 Å². The lowest BCUT2D eigenvalue weighted by atomic mass is 10.1. The summed E-state index contributed by atoms with van der Waals surface area (Å²) < 4.78 is 0. The molecule has 0 spiro atoms. The zero-order chi connectivity index (χ0) is 13.8. The van der Waals surface area contributed by atoms with Crippen LogP contribution in [-0.4, -0.2) is 34.3 Å². The van der Waals surface area contributed by atoms with Crippen molar-refractivity contribution in [1.29, 1.82) is 0 Å². The molecule has 98 valence electrons. The van der Waals surface area contributed by atoms with E-state index in [-0.39, 0.29) is 17.4 Å². The molecule has 5 nitrogen and oxygen atoms in total. The molecule has 0 radical (unpaired) electrons. The number of carbonyl (C=O) groups excluding carboxylic acids is 2. The highest BCUT2D eigenvalue weighted by molar-refractivity contribution is 6.12. The quantitative estimate of drug-likeness (QED) is 0.807. The van der Waals surface area contributed by atoms with Crippen molar-refractivity contribution in [2.24, 2.45) is 0 Å². The smallest absolute Gasteiger partial charge is 0.335 e. The lowest BCUT2D eigenvalue weighted by molar-refractivity contribution is -0.136. The molecule has 0 saturated carbocycles. The third kappa shape index (κ3) is 3.07. The highest BCUT2D eigenvalue weighted by Gasteiger charge is 2.22. The van der Waals surface area contributed by atoms with Gasteiger partial charge in [-0.2, -0.15) is 0 Å². The molecule has 1 aromatic carbocycles. The summed E-state index contributed by atoms with van der Waals surface area (Å²) in [5, 5.41) is 8.87. The Morgan fingerprint density at radius 3 is 2.47 bits per heavy atom. The molecular weight excluding hydrogens is 246 g/mol. The van der Waals surface area contributed by atoms with Gasteiger partial charge in [-0.15, -0.1) is 0 Å². The van der Waals surface area contributed by atoms with Gasteiger partial charge in [0.1, 0.15) is 0 Å². The molecular formula is C14H13NO4. The standard InChI is InChI=1S/C14H13NO4/c16-12-6-7-13(17)15(12)8-2-4-10-3-1-5-11(9-10)14(18)19/h1,3,5-7,9H,2,4,8H2,(H,18,19). The van der Waals surface area contributed by atoms with Gasteiger partial charge < -0.3 is 5.11 Å². The molecule has 19 heavy (non-hydrogen) atoms. The van der Waals surface area contributed by atoms with Gasteiger partial charge in [0, 0.05) is 18.7 Å². The molecule has 2 amide bonds. The number of aryl methyl sites for hydroxylation is 1. The summed E-state index contributed by atoms with van der Waals surface area (Å²) in [7, 11) is 0. The molecule has 0 aromatic heterocycles. The second-order valence-corrected chi connectivity index (χ2v) is 4.27. The van der Waals surface area contributed by atoms with Gasteiger partial charge in [-0.1, -0.05) is 12.1 Å². The van der Waals surface area contributed by atoms with Crippen molar-refractivity contribution >= 4 is 17.8 Å². The Kier molecular flexibility index (Phi) is 3.75. The van der Waals surface area contributed by atoms with Crippen LogP contribution in [0.2, 0.25) is 0 Å². The number of imide groups is 1. The largest absolute Gasteiger partial charge is 0.478 e. The number of rotatable bonds is 5. The van der Waals surface area contributed by atoms with Gasteiger partial charge in [-0.25, -0.2) is 4.79 Å². The summed E-state index contributed by atoms with van der Waals surface area (Å²) in [6.07, 6.45) is 3.75. The Hall–Kier alpha value is -2.43. The molecule has 1 heterocycles. The number of aromatic carboxylic acids is 1. The van der Waals surface area contributed by atoms with Crippen LogP contribution in [0.15, 0.2) is 36.4 Å². The Morgan fingerprint density at radius 1 is 1.16 bits per heavy atom. The SMILES string of the molecule is O=C(O)c1cccc(CCCN2C(=O)C=CC2=O)c1. The molecule has 1 aliphatic heterocycles. The van der Waals surface area contributed by atoms with Crippen LogP contribution in [0.3, 0.4) is 0 Å². The molecule has 0 saturated heterocycles. The minimum atomic E-state index is -0.962. The summed E-state index contributed by atoms with van der Waals surface area (Å²) in [4.78, 5) is 34.6. The van der Waals surface area contributed by atoms with Crippen molar-refractivity contribution in [3.63, 3.8) is 0 Å². The molecule has 1 aliphatic rings. The van der Waals surface area contributed by atoms with E-state index in [9.17, 15) is 14.4 Å². The normalized spacial score (nSPS) is 14.2. The fourth-order valence-corrected chi connectivity index (χ4v) is 1.95. The molecule has 5 heteroatoms. The molecule has 0 atom stereocenters. The van der Waals surface area contributed by atoms with E-state index >= 15 is 0 Å². The van der Waals surface area contributed by atoms with Gasteiger partial charge in [0.05, 0.1) is 5.56 Å². The summed E-state index contributed by atoms with van der Waals surface area (Å²) >= 11 is 0. The van der Waals surface area contributed by atoms with E-state index < -0.39 is 5.97 Å². The van der Waals surface area contributed by atoms with Gasteiger partial charge in [-0.05, 0) is 30.5 Å². The van der Waals surface area contributed by atoms with Crippen LogP contribution in [0.1, 0.15) is 22.3 Å². The second kappa shape index (κ2) is 5.48. The fraction of sp³-hybridized carbons (Fsp3) is 0.214. The van der Waals surface area contributed by atoms with Crippen molar-refractivity contribution in [2.75, 3.05) is 6.54 Å². The lowest BCUT2D eigenvalue weighted by Gasteiger charge is -2.13. The van der Waals surface area contributed by atoms with Crippen LogP contribution in [0, 0.1) is 0 Å². The van der Waals surface area contributed by atoms with Crippen LogP contribution in [0.25, 0.3) is 0 Å². The topological polar surface area (TPSA) is 74.7 Å². The molecule has 0 aliphatic carbocycles. The zero-order valence-corrected chi connectivity index (χ0v) is 10.2. The van der Waals surface area contributed by atoms with E-state index in [1.165, 1.54) is 23.1 Å². The summed E-state index contributed by atoms with van der Waals surface area (Å²) in [6.45, 7) is 0.349. The van der Waals surface area contributed by atoms with E-state index in [0.29, 0.717) is 19.4 Å². The van der Waals surface area contributed by atoms with Crippen LogP contribution in [0.4, 0.5) is 0 Å². The third-order valence-corrected chi connectivity index (χ3v) is 2.92. The Balaban J connectivity index is 1.89. The number of hydrogen-bond donors (Lipinski definition) is 1. The van der Waals surface area contributed by atoms with E-state index in [2.05, 4.69) is 0 Å². The first-order valence-electron chi connectivity index (χ1n) is 5.94. The van der Waals surface area contributed by atoms with E-state index in [0.717, 1.165) is 5.56 Å². The number of hydrogen-bond acceptors (Lipinski definition) is 3. The summed E-state index contributed by atoms with van der Waals surface area (Å²) in [5.74, 6) is -1.54. The molecule has 1 N–H and O–H groups in total. The van der Waals surface area contributed by atoms with Gasteiger partial charge >= 0.3 is 5.97 Å². The van der Waals surface area contributed by atoms with Crippen LogP contribution in [-0.2, 0) is 16.0 Å². The highest BCUT2D eigenvalue weighted by Crippen LogP contribution is 2.10. The number of benzene rings is 1. The van der Waals surface area contributed by atoms with Crippen molar-refractivity contribution in [3.8, 4) is 0 Å². The van der Waals surface area contributed by atoms with Crippen molar-refractivity contribution in [1.82, 2.24) is 4.90 Å². The van der Waals surface area contributed by atoms with E-state index in [1.807, 2.05) is 6.07 Å². The molecule has 2 rings (SSSR count). The maximum absolute atomic E-state index is 11.3. The first kappa shape index (κ1) is 13.0. The molecule has 1 aromatic rings. The van der Waals surface area contributed by atoms with E-state index in [4.69, 9.17) is 5.11 Å². The monoisotopic (exact) mass is 259 g/mol. The minimum Gasteiger partial charge on any atom is -0.478 e. The van der Waals surface area contributed by atoms with Gasteiger partial charge in [-0.3, -0.25) is 14.5 Å². The number of nitrogens with zero attached hydrogens (tertiary/aromatic N) is 1. The van der Waals surface area contributed by atoms with Gasteiger partial charge in [0.2, 0.25) is 0 Å². The van der Waals surface area contributed by atoms with Crippen LogP contribution in [0.5, 0.6) is 0 Å². The zero-order valence-electron chi connectivity index (χ0n) is 10.2. The number of amides is 2. The Morgan fingerprint density at radius 2 is 1.84 bits per heavy atom. The molecule has 0 unspecified atom stereocenters. The average Bonchev–Trinajstić information content (AvgIpc) is 2.71. The van der Waals surface area contributed by atoms with Crippen molar-refractivity contribution in [3.05, 3.63) is 47.5 Å². The fourth-order valence-electron chi connectivity index (χ4n) is 1.95. The molecule has 0 bridgehead atoms. The molecule has 0 fully saturated rings. The van der Waals surface area contributed by atoms with Crippen LogP contribution < -0.4 is 0 Å². The maximum Gasteiger partial charge on any atom is 0.335 e. The summed E-state index contributed by atoms with van der Waals surface area (Å²) in [5.41, 5.74) is 1.12. The first-order chi connectivity index (χ1) is 9.08. The van der Waals surface area contributed by atoms with Gasteiger partial charge in [0.25, 0.3) is 11.8 Å². The number of carboxylic acid groups (broad SMARTS) is 1. The predicted molar refractivity (Wildman–Crippen MR) is 67.6 cm³/mol. The number of carboxylic acids is 1. The maximum atomic E-state index is 11.3. The van der Waals surface area contributed by atoms with Crippen LogP contribution >= 0.6 is 0 Å². The first-order valence-corrected chi connectivity index (χ1v) is 5.94. The summed E-state index contributed by atoms with van der Waals surface area (Å²) in [6, 6.07) is 6.66. The Bertz CT molecular complexity index is 544. The number of carbonyl (C=O) groups is 3. The third-order valence-electron chi connectivity index (χ3n) is 2.92. The highest BCUT2D eigenvalue weighted by atomic mass is 16.4. The van der Waals surface area contributed by atoms with Crippen molar-refractivity contribution < 1.29 is 19.5 Å². The minimum absolute atomic E-state index is 0.243. The van der Waals surface area contributed by atoms with E-state index in [1.54, 1.807) is 12.1 Å². The van der Waals surface area contributed by atoms with Crippen molar-refractivity contribution in [2.45, 2.75) is 12.8 Å². The lowest BCUT2D eigenvalue weighted by Crippen LogP contribution is -2.31. The van der Waals surface area contributed by atoms with Gasteiger partial charge in [0.15, 0.2) is 0 Å². The predicted octanol–water partition coefficient (Wildman–Crippen LogP) is 1.24. The average molecular weight is 259 g/mol.